The van der Waals surface area contributed by atoms with E-state index in [-0.39, 0.29) is 6.04 Å². The molecule has 9 heteroatoms. The number of aliphatic hydroxyl groups excluding tert-OH is 1. The largest absolute Gasteiger partial charge is 0.387 e. The molecule has 3 aromatic rings. The Bertz CT molecular complexity index is 1090. The van der Waals surface area contributed by atoms with Crippen LogP contribution in [0.4, 0.5) is 17.6 Å². The maximum Gasteiger partial charge on any atom is 0.229 e. The lowest BCUT2D eigenvalue weighted by molar-refractivity contribution is 0.194. The second-order valence-electron chi connectivity index (χ2n) is 8.56. The van der Waals surface area contributed by atoms with E-state index in [0.717, 1.165) is 49.5 Å². The molecule has 4 heterocycles. The predicted molar refractivity (Wildman–Crippen MR) is 127 cm³/mol. The third kappa shape index (κ3) is 5.12. The molecule has 1 aliphatic heterocycles. The van der Waals surface area contributed by atoms with E-state index in [1.54, 1.807) is 13.1 Å². The minimum atomic E-state index is -0.668. The van der Waals surface area contributed by atoms with E-state index in [4.69, 9.17) is 9.97 Å². The Morgan fingerprint density at radius 3 is 2.75 bits per heavy atom. The molecule has 1 atom stereocenters. The minimum Gasteiger partial charge on any atom is -0.387 e. The third-order valence-electron chi connectivity index (χ3n) is 5.48. The molecule has 0 fully saturated rings. The van der Waals surface area contributed by atoms with Gasteiger partial charge < -0.3 is 21.1 Å². The maximum absolute atomic E-state index is 9.99. The quantitative estimate of drug-likeness (QED) is 0.423. The van der Waals surface area contributed by atoms with Crippen molar-refractivity contribution < 1.29 is 5.11 Å². The summed E-state index contributed by atoms with van der Waals surface area (Å²) in [6, 6.07) is 6.12. The van der Waals surface area contributed by atoms with Gasteiger partial charge in [-0.3, -0.25) is 4.90 Å². The van der Waals surface area contributed by atoms with E-state index in [2.05, 4.69) is 36.9 Å². The van der Waals surface area contributed by atoms with Crippen LogP contribution in [-0.4, -0.2) is 62.7 Å². The van der Waals surface area contributed by atoms with Gasteiger partial charge in [-0.15, -0.1) is 0 Å². The fourth-order valence-electron chi connectivity index (χ4n) is 3.83. The number of anilines is 3. The van der Waals surface area contributed by atoms with Crippen LogP contribution in [0, 0.1) is 0 Å². The van der Waals surface area contributed by atoms with Gasteiger partial charge in [0.1, 0.15) is 11.3 Å². The second kappa shape index (κ2) is 9.72. The molecule has 3 aromatic heterocycles. The molecular weight excluding hydrogens is 404 g/mol. The van der Waals surface area contributed by atoms with Crippen LogP contribution in [-0.2, 0) is 13.0 Å². The van der Waals surface area contributed by atoms with E-state index >= 15 is 0 Å². The highest BCUT2D eigenvalue weighted by atomic mass is 16.3. The molecule has 0 unspecified atom stereocenters. The maximum atomic E-state index is 9.99. The van der Waals surface area contributed by atoms with Gasteiger partial charge in [-0.25, -0.2) is 19.9 Å². The zero-order chi connectivity index (χ0) is 22.7. The van der Waals surface area contributed by atoms with Gasteiger partial charge in [0, 0.05) is 55.9 Å². The van der Waals surface area contributed by atoms with Gasteiger partial charge in [-0.1, -0.05) is 6.07 Å². The van der Waals surface area contributed by atoms with Crippen molar-refractivity contribution in [2.45, 2.75) is 45.9 Å². The smallest absolute Gasteiger partial charge is 0.229 e. The van der Waals surface area contributed by atoms with Gasteiger partial charge in [0.25, 0.3) is 0 Å². The number of likely N-dealkylation sites (N-methyl/N-ethyl adjacent to an activating group) is 1. The SMILES string of the molecule is CNCCN1CCc2nc(Nc3ncc4cc([C@@H](C)O)nc(NC(C)C)c4n3)ccc2C1. The highest BCUT2D eigenvalue weighted by Crippen LogP contribution is 2.26. The molecule has 4 N–H and O–H groups in total. The average Bonchev–Trinajstić information content (AvgIpc) is 2.77. The van der Waals surface area contributed by atoms with E-state index in [9.17, 15) is 5.11 Å². The Morgan fingerprint density at radius 1 is 1.16 bits per heavy atom. The van der Waals surface area contributed by atoms with Crippen molar-refractivity contribution in [1.82, 2.24) is 30.2 Å². The number of aromatic nitrogens is 4. The Morgan fingerprint density at radius 2 is 2.00 bits per heavy atom. The molecule has 170 valence electrons. The summed E-state index contributed by atoms with van der Waals surface area (Å²) in [6.07, 6.45) is 2.02. The Hall–Kier alpha value is -2.88. The zero-order valence-electron chi connectivity index (χ0n) is 19.2. The van der Waals surface area contributed by atoms with Crippen molar-refractivity contribution in [1.29, 1.82) is 0 Å². The van der Waals surface area contributed by atoms with Crippen LogP contribution in [0.25, 0.3) is 10.9 Å². The second-order valence-corrected chi connectivity index (χ2v) is 8.56. The fraction of sp³-hybridized carbons (Fsp3) is 0.478. The molecule has 1 aliphatic rings. The van der Waals surface area contributed by atoms with Crippen LogP contribution in [0.15, 0.2) is 24.4 Å². The molecule has 0 saturated heterocycles. The summed E-state index contributed by atoms with van der Waals surface area (Å²) in [5, 5.41) is 20.6. The van der Waals surface area contributed by atoms with Gasteiger partial charge >= 0.3 is 0 Å². The summed E-state index contributed by atoms with van der Waals surface area (Å²) in [7, 11) is 1.98. The van der Waals surface area contributed by atoms with Gasteiger partial charge in [0.2, 0.25) is 5.95 Å². The van der Waals surface area contributed by atoms with Crippen LogP contribution in [0.5, 0.6) is 0 Å². The molecule has 0 bridgehead atoms. The first kappa shape index (κ1) is 22.3. The van der Waals surface area contributed by atoms with Gasteiger partial charge in [0.05, 0.1) is 11.8 Å². The number of pyridine rings is 2. The number of nitrogens with zero attached hydrogens (tertiary/aromatic N) is 5. The van der Waals surface area contributed by atoms with Crippen LogP contribution < -0.4 is 16.0 Å². The number of rotatable bonds is 8. The Kier molecular flexibility index (Phi) is 6.78. The normalized spacial score (nSPS) is 15.1. The molecule has 4 rings (SSSR count). The van der Waals surface area contributed by atoms with E-state index in [0.29, 0.717) is 23.0 Å². The summed E-state index contributed by atoms with van der Waals surface area (Å²) < 4.78 is 0. The predicted octanol–water partition coefficient (Wildman–Crippen LogP) is 2.61. The van der Waals surface area contributed by atoms with Crippen molar-refractivity contribution in [3.05, 3.63) is 41.3 Å². The number of aliphatic hydroxyl groups is 1. The summed E-state index contributed by atoms with van der Waals surface area (Å²) in [4.78, 5) is 21.0. The molecule has 0 amide bonds. The molecule has 0 saturated carbocycles. The molecular formula is C23H32N8O. The molecule has 0 spiro atoms. The first-order valence-corrected chi connectivity index (χ1v) is 11.2. The van der Waals surface area contributed by atoms with E-state index in [1.807, 2.05) is 33.0 Å². The first-order chi connectivity index (χ1) is 15.4. The number of fused-ring (bicyclic) bond motifs is 2. The van der Waals surface area contributed by atoms with Gasteiger partial charge in [0.15, 0.2) is 5.82 Å². The summed E-state index contributed by atoms with van der Waals surface area (Å²) >= 11 is 0. The first-order valence-electron chi connectivity index (χ1n) is 11.2. The summed E-state index contributed by atoms with van der Waals surface area (Å²) in [5.74, 6) is 1.84. The molecule has 9 nitrogen and oxygen atoms in total. The lowest BCUT2D eigenvalue weighted by atomic mass is 10.1. The molecule has 0 radical (unpaired) electrons. The Balaban J connectivity index is 1.57. The summed E-state index contributed by atoms with van der Waals surface area (Å²) in [6.45, 7) is 9.75. The van der Waals surface area contributed by atoms with E-state index < -0.39 is 6.10 Å². The topological polar surface area (TPSA) is 111 Å². The third-order valence-corrected chi connectivity index (χ3v) is 5.48. The standard InChI is InChI=1S/C23H32N8O/c1-14(2)26-22-21-17(11-19(28-22)15(3)32)12-25-23(30-21)29-20-6-5-16-13-31(10-8-24-4)9-7-18(16)27-20/h5-6,11-12,14-15,24,32H,7-10,13H2,1-4H3,(H,26,28)(H,25,27,29,30)/t15-/m1/s1. The van der Waals surface area contributed by atoms with Crippen molar-refractivity contribution in [2.75, 3.05) is 37.3 Å². The van der Waals surface area contributed by atoms with Crippen molar-refractivity contribution in [3.63, 3.8) is 0 Å². The number of hydrogen-bond donors (Lipinski definition) is 4. The zero-order valence-corrected chi connectivity index (χ0v) is 19.2. The van der Waals surface area contributed by atoms with Gasteiger partial charge in [-0.05, 0) is 45.5 Å². The van der Waals surface area contributed by atoms with Crippen LogP contribution in [0.2, 0.25) is 0 Å². The van der Waals surface area contributed by atoms with Crippen molar-refractivity contribution in [2.24, 2.45) is 0 Å². The molecule has 0 aliphatic carbocycles. The monoisotopic (exact) mass is 436 g/mol. The number of nitrogens with one attached hydrogen (secondary N) is 3. The van der Waals surface area contributed by atoms with Crippen LogP contribution in [0.3, 0.4) is 0 Å². The van der Waals surface area contributed by atoms with Crippen molar-refractivity contribution in [3.8, 4) is 0 Å². The number of hydrogen-bond acceptors (Lipinski definition) is 9. The lowest BCUT2D eigenvalue weighted by Crippen LogP contribution is -2.35. The van der Waals surface area contributed by atoms with Gasteiger partial charge in [-0.2, -0.15) is 0 Å². The highest BCUT2D eigenvalue weighted by molar-refractivity contribution is 5.89. The summed E-state index contributed by atoms with van der Waals surface area (Å²) in [5.41, 5.74) is 3.70. The van der Waals surface area contributed by atoms with Crippen molar-refractivity contribution >= 4 is 28.5 Å². The molecule has 0 aromatic carbocycles. The Labute approximate surface area is 188 Å². The highest BCUT2D eigenvalue weighted by Gasteiger charge is 2.18. The molecule has 32 heavy (non-hydrogen) atoms. The van der Waals surface area contributed by atoms with Crippen LogP contribution >= 0.6 is 0 Å². The van der Waals surface area contributed by atoms with E-state index in [1.165, 1.54) is 5.56 Å². The minimum absolute atomic E-state index is 0.177. The fourth-order valence-corrected chi connectivity index (χ4v) is 3.83. The average molecular weight is 437 g/mol. The lowest BCUT2D eigenvalue weighted by Gasteiger charge is -2.28. The van der Waals surface area contributed by atoms with Crippen LogP contribution in [0.1, 0.15) is 43.8 Å².